The van der Waals surface area contributed by atoms with Crippen LogP contribution in [0.1, 0.15) is 42.0 Å². The number of aromatic hydroxyl groups is 2. The molecule has 4 heterocycles. The largest absolute Gasteiger partial charge is 2.00 e. The summed E-state index contributed by atoms with van der Waals surface area (Å²) in [5.74, 6) is -7.71. The normalized spacial score (nSPS) is 9.44. The van der Waals surface area contributed by atoms with Crippen molar-refractivity contribution in [2.45, 2.75) is 0 Å². The summed E-state index contributed by atoms with van der Waals surface area (Å²) < 4.78 is 0. The van der Waals surface area contributed by atoms with Gasteiger partial charge in [-0.05, 0) is 24.3 Å². The predicted molar refractivity (Wildman–Crippen MR) is 208 cm³/mol. The smallest absolute Gasteiger partial charge is 0.543 e. The molecule has 21 heteroatoms. The molecule has 0 spiro atoms. The molecule has 0 saturated carbocycles. The van der Waals surface area contributed by atoms with E-state index in [1.54, 1.807) is 0 Å². The Bertz CT molecular complexity index is 2450. The number of carboxylic acids is 4. The van der Waals surface area contributed by atoms with Gasteiger partial charge in [-0.2, -0.15) is 0 Å². The number of anilines is 2. The Labute approximate surface area is 353 Å². The minimum absolute atomic E-state index is 0. The van der Waals surface area contributed by atoms with Crippen LogP contribution in [0.4, 0.5) is 11.4 Å². The number of carboxylic acid groups (broad SMARTS) is 4. The van der Waals surface area contributed by atoms with Crippen molar-refractivity contribution >= 4 is 78.9 Å². The van der Waals surface area contributed by atoms with Crippen LogP contribution in [0, 0.1) is 0 Å². The number of nitrogens with two attached hydrogens (primary N) is 2. The molecule has 0 unspecified atom stereocenters. The van der Waals surface area contributed by atoms with E-state index in [0.29, 0.717) is 0 Å². The quantitative estimate of drug-likeness (QED) is 0.0985. The summed E-state index contributed by atoms with van der Waals surface area (Å²) >= 11 is 0. The molecule has 0 bridgehead atoms. The second-order valence-electron chi connectivity index (χ2n) is 11.6. The molecule has 4 aromatic carbocycles. The number of aromatic amines is 2. The van der Waals surface area contributed by atoms with Crippen LogP contribution >= 0.6 is 0 Å². The Kier molecular flexibility index (Phi) is 20.3. The van der Waals surface area contributed by atoms with Gasteiger partial charge in [-0.1, -0.05) is 48.5 Å². The molecule has 0 radical (unpaired) electrons. The van der Waals surface area contributed by atoms with Gasteiger partial charge < -0.3 is 83.2 Å². The van der Waals surface area contributed by atoms with Crippen LogP contribution < -0.4 is 41.9 Å². The van der Waals surface area contributed by atoms with Crippen molar-refractivity contribution in [2.24, 2.45) is 0 Å². The molecule has 16 N–H and O–H groups in total. The SMILES string of the molecule is Nc1c2ccccc2[nH+]c2ccccc12.Nc1c2ccccc2[nH+]c2ccccc12.O.O.O.O.O=C([O-])c1cc(O)cc(C(=O)[O-])n1.O=C([O-])c1cc(O)cc(C(=O)[O-])n1.[Ni+2]. The summed E-state index contributed by atoms with van der Waals surface area (Å²) in [6.45, 7) is 0. The third-order valence-corrected chi connectivity index (χ3v) is 7.86. The molecular weight excluding hydrogens is 847 g/mol. The number of aromatic carboxylic acids is 4. The number of fused-ring (bicyclic) bond motifs is 4. The Hall–Kier alpha value is -8.07. The second kappa shape index (κ2) is 23.4. The molecule has 8 aromatic rings. The van der Waals surface area contributed by atoms with Crippen molar-refractivity contribution < 1.29 is 98.2 Å². The molecule has 4 aromatic heterocycles. The summed E-state index contributed by atoms with van der Waals surface area (Å²) in [5.41, 5.74) is 15.7. The molecule has 0 saturated heterocycles. The van der Waals surface area contributed by atoms with Crippen LogP contribution in [0.15, 0.2) is 121 Å². The summed E-state index contributed by atoms with van der Waals surface area (Å²) in [6.07, 6.45) is 0. The first-order chi connectivity index (χ1) is 26.7. The minimum atomic E-state index is -1.67. The zero-order valence-corrected chi connectivity index (χ0v) is 32.1. The van der Waals surface area contributed by atoms with Crippen molar-refractivity contribution in [3.63, 3.8) is 0 Å². The molecule has 0 aliphatic rings. The predicted octanol–water partition coefficient (Wildman–Crippen LogP) is -3.49. The van der Waals surface area contributed by atoms with Gasteiger partial charge in [0, 0.05) is 48.5 Å². The third kappa shape index (κ3) is 13.0. The van der Waals surface area contributed by atoms with Gasteiger partial charge >= 0.3 is 16.5 Å². The minimum Gasteiger partial charge on any atom is -0.543 e. The fraction of sp³-hybridized carbons (Fsp3) is 0. The first kappa shape index (κ1) is 52.9. The number of carbonyl (C=O) groups excluding carboxylic acids is 4. The van der Waals surface area contributed by atoms with E-state index >= 15 is 0 Å². The standard InChI is InChI=1S/2C13H10N2.2C7H5NO5.Ni.4H2O/c2*14-13-9-5-1-3-7-11(9)15-12-8-4-2-6-10(12)13;2*9-3-1-4(6(10)11)8-5(2-3)7(12)13;;;;;/h2*1-8H,(H2,14,15);2*1-2H,(H,8,9)(H,10,11)(H,12,13);;4*1H2/q;;;;+2;;;;/p-2. The molecule has 0 amide bonds. The Morgan fingerprint density at radius 1 is 0.426 bits per heavy atom. The Morgan fingerprint density at radius 3 is 0.820 bits per heavy atom. The van der Waals surface area contributed by atoms with Crippen molar-refractivity contribution in [1.29, 1.82) is 0 Å². The molecule has 0 fully saturated rings. The van der Waals surface area contributed by atoms with Crippen LogP contribution in [0.2, 0.25) is 0 Å². The van der Waals surface area contributed by atoms with E-state index in [-0.39, 0.29) is 38.4 Å². The van der Waals surface area contributed by atoms with E-state index < -0.39 is 58.2 Å². The summed E-state index contributed by atoms with van der Waals surface area (Å²) in [6, 6.07) is 35.5. The van der Waals surface area contributed by atoms with Gasteiger partial charge in [0.2, 0.25) is 22.1 Å². The molecule has 61 heavy (non-hydrogen) atoms. The zero-order valence-electron chi connectivity index (χ0n) is 31.1. The number of pyridine rings is 4. The number of nitrogen functional groups attached to an aromatic ring is 2. The first-order valence-corrected chi connectivity index (χ1v) is 16.2. The second-order valence-corrected chi connectivity index (χ2v) is 11.6. The first-order valence-electron chi connectivity index (χ1n) is 16.2. The summed E-state index contributed by atoms with van der Waals surface area (Å²) in [4.78, 5) is 54.0. The van der Waals surface area contributed by atoms with Crippen molar-refractivity contribution in [2.75, 3.05) is 11.5 Å². The summed E-state index contributed by atoms with van der Waals surface area (Å²) in [5, 5.41) is 63.0. The molecular formula is C40H36N6NiO14. The molecule has 8 rings (SSSR count). The van der Waals surface area contributed by atoms with Gasteiger partial charge in [0.1, 0.15) is 11.5 Å². The number of H-pyrrole nitrogens is 2. The van der Waals surface area contributed by atoms with Crippen molar-refractivity contribution in [3.8, 4) is 11.5 Å². The Balaban J connectivity index is 0.000000768. The van der Waals surface area contributed by atoms with Crippen LogP contribution in [-0.2, 0) is 16.5 Å². The van der Waals surface area contributed by atoms with E-state index in [4.69, 9.17) is 21.7 Å². The van der Waals surface area contributed by atoms with Gasteiger partial charge in [0.05, 0.1) is 79.6 Å². The van der Waals surface area contributed by atoms with Crippen molar-refractivity contribution in [1.82, 2.24) is 9.97 Å². The van der Waals surface area contributed by atoms with Gasteiger partial charge in [-0.3, -0.25) is 0 Å². The molecule has 0 aliphatic carbocycles. The van der Waals surface area contributed by atoms with Crippen LogP contribution in [0.5, 0.6) is 11.5 Å². The number of hydrogen-bond donors (Lipinski definition) is 4. The number of nitrogens with zero attached hydrogens (tertiary/aromatic N) is 2. The number of hydrogen-bond acceptors (Lipinski definition) is 14. The van der Waals surface area contributed by atoms with Gasteiger partial charge in [-0.25, -0.2) is 19.9 Å². The Morgan fingerprint density at radius 2 is 0.623 bits per heavy atom. The van der Waals surface area contributed by atoms with Crippen LogP contribution in [0.25, 0.3) is 43.6 Å². The van der Waals surface area contributed by atoms with Crippen LogP contribution in [0.3, 0.4) is 0 Å². The number of aromatic nitrogens is 4. The maximum Gasteiger partial charge on any atom is 2.00 e. The molecule has 0 aliphatic heterocycles. The number of para-hydroxylation sites is 4. The van der Waals surface area contributed by atoms with E-state index in [9.17, 15) is 39.6 Å². The molecule has 0 atom stereocenters. The number of benzene rings is 4. The maximum atomic E-state index is 10.2. The van der Waals surface area contributed by atoms with Crippen molar-refractivity contribution in [3.05, 3.63) is 144 Å². The zero-order chi connectivity index (χ0) is 40.5. The van der Waals surface area contributed by atoms with Crippen LogP contribution in [-0.4, -0.2) is 66.0 Å². The van der Waals surface area contributed by atoms with E-state index in [1.165, 1.54) is 0 Å². The number of rotatable bonds is 4. The third-order valence-electron chi connectivity index (χ3n) is 7.86. The monoisotopic (exact) mass is 882 g/mol. The fourth-order valence-electron chi connectivity index (χ4n) is 5.34. The molecule has 320 valence electrons. The average molecular weight is 883 g/mol. The van der Waals surface area contributed by atoms with Gasteiger partial charge in [-0.15, -0.1) is 0 Å². The topological polar surface area (TPSA) is 433 Å². The van der Waals surface area contributed by atoms with Gasteiger partial charge in [0.25, 0.3) is 0 Å². The summed E-state index contributed by atoms with van der Waals surface area (Å²) in [7, 11) is 0. The van der Waals surface area contributed by atoms with E-state index in [2.05, 4.69) is 19.9 Å². The molecule has 20 nitrogen and oxygen atoms in total. The number of nitrogens with one attached hydrogen (secondary N) is 2. The van der Waals surface area contributed by atoms with Gasteiger partial charge in [0.15, 0.2) is 0 Å². The fourth-order valence-corrected chi connectivity index (χ4v) is 5.34. The maximum absolute atomic E-state index is 10.2. The van der Waals surface area contributed by atoms with E-state index in [0.717, 1.165) is 79.3 Å². The average Bonchev–Trinajstić information content (AvgIpc) is 3.18. The number of carbonyl (C=O) groups is 4. The van der Waals surface area contributed by atoms with E-state index in [1.807, 2.05) is 97.1 Å².